The number of nitrogens with zero attached hydrogens (tertiary/aromatic N) is 1. The summed E-state index contributed by atoms with van der Waals surface area (Å²) in [5.74, 6) is 1.24. The highest BCUT2D eigenvalue weighted by molar-refractivity contribution is 7.72. The molecule has 0 saturated carbocycles. The van der Waals surface area contributed by atoms with Gasteiger partial charge in [0.1, 0.15) is 11.5 Å². The van der Waals surface area contributed by atoms with Crippen molar-refractivity contribution < 1.29 is 22.7 Å². The van der Waals surface area contributed by atoms with Gasteiger partial charge in [-0.15, -0.1) is 0 Å². The first-order valence-electron chi connectivity index (χ1n) is 8.04. The molecule has 2 aromatic rings. The first kappa shape index (κ1) is 17.3. The van der Waals surface area contributed by atoms with Gasteiger partial charge in [0.2, 0.25) is 0 Å². The summed E-state index contributed by atoms with van der Waals surface area (Å²) in [7, 11) is -2.62. The molecule has 1 atom stereocenters. The zero-order valence-corrected chi connectivity index (χ0v) is 14.6. The molecule has 1 unspecified atom stereocenters. The predicted octanol–water partition coefficient (Wildman–Crippen LogP) is 2.24. The molecule has 1 aliphatic rings. The minimum Gasteiger partial charge on any atom is -0.494 e. The summed E-state index contributed by atoms with van der Waals surface area (Å²) in [4.78, 5) is 14.4. The van der Waals surface area contributed by atoms with E-state index in [-0.39, 0.29) is 10.8 Å². The molecule has 1 saturated heterocycles. The van der Waals surface area contributed by atoms with Gasteiger partial charge in [0.05, 0.1) is 11.5 Å². The summed E-state index contributed by atoms with van der Waals surface area (Å²) in [5.41, 5.74) is 0.670. The van der Waals surface area contributed by atoms with Crippen molar-refractivity contribution in [1.82, 2.24) is 0 Å². The fourth-order valence-electron chi connectivity index (χ4n) is 2.72. The van der Waals surface area contributed by atoms with E-state index in [1.165, 1.54) is 12.1 Å². The summed E-state index contributed by atoms with van der Waals surface area (Å²) in [6.07, 6.45) is 0.0256. The molecule has 1 amide bonds. The average Bonchev–Trinajstić information content (AvgIpc) is 2.97. The largest absolute Gasteiger partial charge is 0.494 e. The molecule has 1 fully saturated rings. The number of thiol groups is 1. The Morgan fingerprint density at radius 1 is 1.04 bits per heavy atom. The molecule has 1 aliphatic heterocycles. The van der Waals surface area contributed by atoms with E-state index < -0.39 is 16.8 Å². The first-order valence-corrected chi connectivity index (χ1v) is 9.21. The molecular weight excluding hydrogens is 342 g/mol. The number of amides is 1. The van der Waals surface area contributed by atoms with E-state index >= 15 is 0 Å². The number of hydrogen-bond donors (Lipinski definition) is 1. The van der Waals surface area contributed by atoms with Gasteiger partial charge in [0.15, 0.2) is 16.8 Å². The van der Waals surface area contributed by atoms with Crippen molar-refractivity contribution in [3.8, 4) is 11.5 Å². The van der Waals surface area contributed by atoms with Crippen molar-refractivity contribution in [3.63, 3.8) is 0 Å². The van der Waals surface area contributed by atoms with Crippen molar-refractivity contribution in [2.75, 3.05) is 18.1 Å². The van der Waals surface area contributed by atoms with Crippen molar-refractivity contribution in [1.29, 1.82) is 0 Å². The third kappa shape index (κ3) is 3.93. The van der Waals surface area contributed by atoms with Gasteiger partial charge in [-0.25, -0.2) is 8.42 Å². The lowest BCUT2D eigenvalue weighted by atomic mass is 10.3. The van der Waals surface area contributed by atoms with Crippen LogP contribution in [-0.2, 0) is 15.5 Å². The normalized spacial score (nSPS) is 17.1. The van der Waals surface area contributed by atoms with E-state index in [4.69, 9.17) is 9.47 Å². The molecule has 0 N–H and O–H groups in total. The van der Waals surface area contributed by atoms with Crippen LogP contribution in [0, 0.1) is 0 Å². The lowest BCUT2D eigenvalue weighted by molar-refractivity contribution is -0.122. The number of ether oxygens (including phenoxy) is 2. The van der Waals surface area contributed by atoms with E-state index in [1.807, 2.05) is 6.92 Å². The zero-order valence-electron chi connectivity index (χ0n) is 13.8. The Morgan fingerprint density at radius 2 is 1.68 bits per heavy atom. The van der Waals surface area contributed by atoms with Gasteiger partial charge in [-0.1, -0.05) is 0 Å². The second-order valence-electron chi connectivity index (χ2n) is 5.56. The van der Waals surface area contributed by atoms with Gasteiger partial charge < -0.3 is 14.4 Å². The highest BCUT2D eigenvalue weighted by Crippen LogP contribution is 2.26. The van der Waals surface area contributed by atoms with Crippen LogP contribution < -0.4 is 14.4 Å². The van der Waals surface area contributed by atoms with E-state index in [9.17, 15) is 13.2 Å². The standard InChI is InChI=1S/C18H19NO5S/c1-2-23-14-5-7-15(8-6-14)24-17-11-12-19(18(17)20)13-3-9-16(10-4-13)25(21)22/h3-10,17,25H,2,11-12H2,1H3. The van der Waals surface area contributed by atoms with E-state index in [0.717, 1.165) is 5.75 Å². The topological polar surface area (TPSA) is 72.9 Å². The Balaban J connectivity index is 1.66. The lowest BCUT2D eigenvalue weighted by Crippen LogP contribution is -2.32. The maximum atomic E-state index is 12.6. The molecule has 1 heterocycles. The van der Waals surface area contributed by atoms with E-state index in [1.54, 1.807) is 41.3 Å². The molecule has 0 bridgehead atoms. The van der Waals surface area contributed by atoms with Gasteiger partial charge >= 0.3 is 0 Å². The highest BCUT2D eigenvalue weighted by atomic mass is 32.2. The van der Waals surface area contributed by atoms with Gasteiger partial charge in [0, 0.05) is 18.7 Å². The molecule has 0 radical (unpaired) electrons. The monoisotopic (exact) mass is 361 g/mol. The molecule has 0 aromatic heterocycles. The van der Waals surface area contributed by atoms with Crippen LogP contribution in [-0.4, -0.2) is 33.6 Å². The smallest absolute Gasteiger partial charge is 0.268 e. The molecule has 3 rings (SSSR count). The fraction of sp³-hybridized carbons (Fsp3) is 0.278. The molecular formula is C18H19NO5S. The van der Waals surface area contributed by atoms with Crippen LogP contribution >= 0.6 is 0 Å². The summed E-state index contributed by atoms with van der Waals surface area (Å²) in [6.45, 7) is 3.04. The third-order valence-corrected chi connectivity index (χ3v) is 4.66. The number of rotatable bonds is 6. The highest BCUT2D eigenvalue weighted by Gasteiger charge is 2.34. The Hall–Kier alpha value is -2.54. The number of hydrogen-bond acceptors (Lipinski definition) is 5. The minimum absolute atomic E-state index is 0.131. The van der Waals surface area contributed by atoms with Crippen molar-refractivity contribution in [2.45, 2.75) is 24.3 Å². The average molecular weight is 361 g/mol. The fourth-order valence-corrected chi connectivity index (χ4v) is 3.11. The van der Waals surface area contributed by atoms with Gasteiger partial charge in [-0.05, 0) is 55.5 Å². The molecule has 0 aliphatic carbocycles. The van der Waals surface area contributed by atoms with Crippen molar-refractivity contribution in [3.05, 3.63) is 48.5 Å². The van der Waals surface area contributed by atoms with Crippen LogP contribution in [0.5, 0.6) is 11.5 Å². The van der Waals surface area contributed by atoms with Crippen molar-refractivity contribution in [2.24, 2.45) is 0 Å². The summed E-state index contributed by atoms with van der Waals surface area (Å²) < 4.78 is 33.1. The van der Waals surface area contributed by atoms with Crippen LogP contribution in [0.3, 0.4) is 0 Å². The number of carbonyl (C=O) groups excluding carboxylic acids is 1. The summed E-state index contributed by atoms with van der Waals surface area (Å²) in [6, 6.07) is 13.4. The Kier molecular flexibility index (Phi) is 5.23. The van der Waals surface area contributed by atoms with Crippen molar-refractivity contribution >= 4 is 22.3 Å². The van der Waals surface area contributed by atoms with E-state index in [0.29, 0.717) is 31.0 Å². The van der Waals surface area contributed by atoms with Crippen LogP contribution in [0.15, 0.2) is 53.4 Å². The molecule has 6 nitrogen and oxygen atoms in total. The quantitative estimate of drug-likeness (QED) is 0.799. The maximum absolute atomic E-state index is 12.6. The SMILES string of the molecule is CCOc1ccc(OC2CCN(c3ccc([SH](=O)=O)cc3)C2=O)cc1. The second kappa shape index (κ2) is 7.57. The zero-order chi connectivity index (χ0) is 17.8. The van der Waals surface area contributed by atoms with Crippen LogP contribution in [0.4, 0.5) is 5.69 Å². The maximum Gasteiger partial charge on any atom is 0.268 e. The Bertz CT molecular complexity index is 806. The minimum atomic E-state index is -2.62. The molecule has 2 aromatic carbocycles. The lowest BCUT2D eigenvalue weighted by Gasteiger charge is -2.17. The summed E-state index contributed by atoms with van der Waals surface area (Å²) in [5, 5.41) is 0. The second-order valence-corrected chi connectivity index (χ2v) is 6.59. The Labute approximate surface area is 147 Å². The number of anilines is 1. The van der Waals surface area contributed by atoms with Crippen LogP contribution in [0.1, 0.15) is 13.3 Å². The molecule has 7 heteroatoms. The number of carbonyl (C=O) groups is 1. The van der Waals surface area contributed by atoms with Gasteiger partial charge in [0.25, 0.3) is 5.91 Å². The van der Waals surface area contributed by atoms with Gasteiger partial charge in [-0.2, -0.15) is 0 Å². The summed E-state index contributed by atoms with van der Waals surface area (Å²) >= 11 is 0. The van der Waals surface area contributed by atoms with Gasteiger partial charge in [-0.3, -0.25) is 4.79 Å². The molecule has 25 heavy (non-hydrogen) atoms. The Morgan fingerprint density at radius 3 is 2.28 bits per heavy atom. The third-order valence-electron chi connectivity index (χ3n) is 3.94. The van der Waals surface area contributed by atoms with E-state index in [2.05, 4.69) is 0 Å². The molecule has 0 spiro atoms. The predicted molar refractivity (Wildman–Crippen MR) is 94.0 cm³/mol. The van der Waals surface area contributed by atoms with Crippen LogP contribution in [0.25, 0.3) is 0 Å². The number of benzene rings is 2. The molecule has 132 valence electrons. The first-order chi connectivity index (χ1) is 12.1. The van der Waals surface area contributed by atoms with Crippen LogP contribution in [0.2, 0.25) is 0 Å².